The molecule has 4 unspecified atom stereocenters. The van der Waals surface area contributed by atoms with Gasteiger partial charge in [0.1, 0.15) is 18.1 Å². The second kappa shape index (κ2) is 14.8. The number of carbonyl (C=O) groups is 5. The molecule has 0 spiro atoms. The minimum atomic E-state index is -1.21. The average Bonchev–Trinajstić information content (AvgIpc) is 3.54. The summed E-state index contributed by atoms with van der Waals surface area (Å²) < 4.78 is 0. The first-order valence-electron chi connectivity index (χ1n) is 12.0. The quantitative estimate of drug-likeness (QED) is 0.111. The van der Waals surface area contributed by atoms with E-state index >= 15 is 0 Å². The van der Waals surface area contributed by atoms with Gasteiger partial charge in [-0.05, 0) is 51.6 Å². The molecule has 14 heteroatoms. The summed E-state index contributed by atoms with van der Waals surface area (Å²) in [5.41, 5.74) is 11.2. The van der Waals surface area contributed by atoms with E-state index in [1.165, 1.54) is 12.5 Å². The lowest BCUT2D eigenvalue weighted by Crippen LogP contribution is -2.57. The summed E-state index contributed by atoms with van der Waals surface area (Å²) >= 11 is 0. The number of aromatic amines is 1. The molecule has 200 valence electrons. The normalized spacial score (nSPS) is 17.5. The van der Waals surface area contributed by atoms with Gasteiger partial charge in [-0.3, -0.25) is 19.2 Å². The molecule has 1 aliphatic heterocycles. The van der Waals surface area contributed by atoms with Crippen molar-refractivity contribution in [2.24, 2.45) is 11.5 Å². The molecular weight excluding hydrogens is 472 g/mol. The van der Waals surface area contributed by atoms with Crippen LogP contribution in [0.25, 0.3) is 0 Å². The Hall–Kier alpha value is -3.52. The van der Waals surface area contributed by atoms with Gasteiger partial charge in [0, 0.05) is 24.7 Å². The number of imidazole rings is 1. The van der Waals surface area contributed by atoms with Crippen LogP contribution >= 0.6 is 0 Å². The Bertz CT molecular complexity index is 887. The monoisotopic (exact) mass is 508 g/mol. The summed E-state index contributed by atoms with van der Waals surface area (Å²) in [6, 6.07) is -3.91. The molecule has 0 saturated carbocycles. The van der Waals surface area contributed by atoms with Crippen LogP contribution in [0.2, 0.25) is 0 Å². The van der Waals surface area contributed by atoms with Crippen LogP contribution in [-0.4, -0.2) is 81.9 Å². The van der Waals surface area contributed by atoms with Crippen molar-refractivity contribution in [1.29, 1.82) is 0 Å². The number of carboxylic acid groups (broad SMARTS) is 1. The predicted molar refractivity (Wildman–Crippen MR) is 128 cm³/mol. The van der Waals surface area contributed by atoms with Crippen molar-refractivity contribution in [2.45, 2.75) is 75.5 Å². The van der Waals surface area contributed by atoms with Gasteiger partial charge >= 0.3 is 5.97 Å². The second-order valence-electron chi connectivity index (χ2n) is 8.74. The molecule has 1 saturated heterocycles. The number of hydrogen-bond acceptors (Lipinski definition) is 8. The van der Waals surface area contributed by atoms with Crippen molar-refractivity contribution in [2.75, 3.05) is 13.1 Å². The van der Waals surface area contributed by atoms with Gasteiger partial charge in [0.15, 0.2) is 0 Å². The zero-order valence-electron chi connectivity index (χ0n) is 20.1. The third-order valence-corrected chi connectivity index (χ3v) is 5.86. The fraction of sp³-hybridized carbons (Fsp3) is 0.636. The Labute approximate surface area is 208 Å². The number of primary amides is 1. The highest BCUT2D eigenvalue weighted by atomic mass is 16.4. The number of amides is 4. The van der Waals surface area contributed by atoms with Gasteiger partial charge in [0.25, 0.3) is 0 Å². The molecule has 0 aliphatic carbocycles. The summed E-state index contributed by atoms with van der Waals surface area (Å²) in [6.45, 7) is 1.08. The van der Waals surface area contributed by atoms with Crippen LogP contribution < -0.4 is 32.7 Å². The number of nitrogens with zero attached hydrogens (tertiary/aromatic N) is 1. The summed E-state index contributed by atoms with van der Waals surface area (Å²) in [5, 5.41) is 20.2. The molecule has 4 amide bonds. The number of nitrogens with one attached hydrogen (secondary N) is 5. The van der Waals surface area contributed by atoms with Crippen molar-refractivity contribution in [3.8, 4) is 0 Å². The van der Waals surface area contributed by atoms with Crippen molar-refractivity contribution in [1.82, 2.24) is 31.2 Å². The SMILES string of the molecule is NCCCCC(NC(=O)C(Cc1cnc[nH]1)NC(=O)C(CCC(N)=O)NC(=O)C1CCCN1)C(=O)O. The molecule has 1 aromatic heterocycles. The van der Waals surface area contributed by atoms with Gasteiger partial charge < -0.3 is 42.8 Å². The third-order valence-electron chi connectivity index (χ3n) is 5.86. The Morgan fingerprint density at radius 2 is 1.78 bits per heavy atom. The molecule has 2 rings (SSSR count). The number of nitrogens with two attached hydrogens (primary N) is 2. The maximum Gasteiger partial charge on any atom is 0.326 e. The van der Waals surface area contributed by atoms with E-state index in [1.807, 2.05) is 0 Å². The van der Waals surface area contributed by atoms with Crippen LogP contribution in [-0.2, 0) is 30.4 Å². The molecular formula is C22H36N8O6. The summed E-state index contributed by atoms with van der Waals surface area (Å²) in [4.78, 5) is 68.5. The number of carboxylic acids is 1. The Kier molecular flexibility index (Phi) is 11.8. The van der Waals surface area contributed by atoms with E-state index in [9.17, 15) is 29.1 Å². The van der Waals surface area contributed by atoms with E-state index in [1.54, 1.807) is 0 Å². The second-order valence-corrected chi connectivity index (χ2v) is 8.74. The number of hydrogen-bond donors (Lipinski definition) is 8. The summed E-state index contributed by atoms with van der Waals surface area (Å²) in [6.07, 6.45) is 5.37. The smallest absolute Gasteiger partial charge is 0.326 e. The first-order chi connectivity index (χ1) is 17.2. The molecule has 0 radical (unpaired) electrons. The van der Waals surface area contributed by atoms with E-state index in [2.05, 4.69) is 31.2 Å². The zero-order valence-corrected chi connectivity index (χ0v) is 20.1. The van der Waals surface area contributed by atoms with Gasteiger partial charge in [0.05, 0.1) is 12.4 Å². The van der Waals surface area contributed by atoms with Crippen molar-refractivity contribution < 1.29 is 29.1 Å². The van der Waals surface area contributed by atoms with E-state index in [0.717, 1.165) is 6.42 Å². The molecule has 0 aromatic carbocycles. The highest BCUT2D eigenvalue weighted by Crippen LogP contribution is 2.08. The van der Waals surface area contributed by atoms with Crippen LogP contribution in [0, 0.1) is 0 Å². The van der Waals surface area contributed by atoms with Gasteiger partial charge in [-0.2, -0.15) is 0 Å². The minimum absolute atomic E-state index is 0.00657. The van der Waals surface area contributed by atoms with E-state index < -0.39 is 53.8 Å². The highest BCUT2D eigenvalue weighted by molar-refractivity contribution is 5.94. The van der Waals surface area contributed by atoms with Gasteiger partial charge in [-0.15, -0.1) is 0 Å². The van der Waals surface area contributed by atoms with Crippen LogP contribution in [0.4, 0.5) is 0 Å². The van der Waals surface area contributed by atoms with Crippen LogP contribution in [0.3, 0.4) is 0 Å². The average molecular weight is 509 g/mol. The van der Waals surface area contributed by atoms with Crippen molar-refractivity contribution in [3.63, 3.8) is 0 Å². The molecule has 4 atom stereocenters. The maximum atomic E-state index is 13.1. The molecule has 1 fully saturated rings. The van der Waals surface area contributed by atoms with Gasteiger partial charge in [-0.1, -0.05) is 0 Å². The molecule has 14 nitrogen and oxygen atoms in total. The first-order valence-corrected chi connectivity index (χ1v) is 12.0. The number of rotatable bonds is 16. The lowest BCUT2D eigenvalue weighted by molar-refractivity contribution is -0.142. The molecule has 2 heterocycles. The summed E-state index contributed by atoms with van der Waals surface area (Å²) in [7, 11) is 0. The Morgan fingerprint density at radius 3 is 2.36 bits per heavy atom. The van der Waals surface area contributed by atoms with Gasteiger partial charge in [0.2, 0.25) is 23.6 Å². The predicted octanol–water partition coefficient (Wildman–Crippen LogP) is -2.36. The standard InChI is InChI=1S/C22H36N8O6/c23-8-2-1-4-16(22(35)36)29-21(34)17(10-13-11-25-12-27-13)30-20(33)15(6-7-18(24)31)28-19(32)14-5-3-9-26-14/h11-12,14-17,26H,1-10,23H2,(H2,24,31)(H,25,27)(H,28,32)(H,29,34)(H,30,33)(H,35,36). The lowest BCUT2D eigenvalue weighted by atomic mass is 10.1. The molecule has 1 aromatic rings. The molecule has 10 N–H and O–H groups in total. The number of aromatic nitrogens is 2. The number of H-pyrrole nitrogens is 1. The third kappa shape index (κ3) is 9.62. The highest BCUT2D eigenvalue weighted by Gasteiger charge is 2.32. The summed E-state index contributed by atoms with van der Waals surface area (Å²) in [5.74, 6) is -3.65. The maximum absolute atomic E-state index is 13.1. The van der Waals surface area contributed by atoms with E-state index in [0.29, 0.717) is 38.0 Å². The zero-order chi connectivity index (χ0) is 26.5. The fourth-order valence-corrected chi connectivity index (χ4v) is 3.86. The minimum Gasteiger partial charge on any atom is -0.480 e. The molecule has 0 bridgehead atoms. The molecule has 36 heavy (non-hydrogen) atoms. The number of aliphatic carboxylic acids is 1. The largest absolute Gasteiger partial charge is 0.480 e. The molecule has 1 aliphatic rings. The topological polar surface area (TPSA) is 234 Å². The fourth-order valence-electron chi connectivity index (χ4n) is 3.86. The Balaban J connectivity index is 2.14. The van der Waals surface area contributed by atoms with Crippen LogP contribution in [0.15, 0.2) is 12.5 Å². The van der Waals surface area contributed by atoms with E-state index in [-0.39, 0.29) is 25.7 Å². The Morgan fingerprint density at radius 1 is 1.06 bits per heavy atom. The van der Waals surface area contributed by atoms with E-state index in [4.69, 9.17) is 11.5 Å². The van der Waals surface area contributed by atoms with Gasteiger partial charge in [-0.25, -0.2) is 9.78 Å². The van der Waals surface area contributed by atoms with Crippen molar-refractivity contribution in [3.05, 3.63) is 18.2 Å². The number of carbonyl (C=O) groups excluding carboxylic acids is 4. The number of unbranched alkanes of at least 4 members (excludes halogenated alkanes) is 1. The van der Waals surface area contributed by atoms with Crippen LogP contribution in [0.1, 0.15) is 50.6 Å². The van der Waals surface area contributed by atoms with Crippen LogP contribution in [0.5, 0.6) is 0 Å². The lowest BCUT2D eigenvalue weighted by Gasteiger charge is -2.25. The first kappa shape index (κ1) is 28.7. The van der Waals surface area contributed by atoms with Crippen molar-refractivity contribution >= 4 is 29.6 Å².